The topological polar surface area (TPSA) is 131 Å². The normalized spacial score (nSPS) is 11.2. The molecule has 1 aromatic carbocycles. The molecule has 1 amide bonds. The fraction of sp³-hybridized carbons (Fsp3) is 0.222. The Morgan fingerprint density at radius 3 is 2.77 bits per heavy atom. The summed E-state index contributed by atoms with van der Waals surface area (Å²) >= 11 is 6.14. The van der Waals surface area contributed by atoms with Crippen molar-refractivity contribution in [1.82, 2.24) is 25.1 Å². The summed E-state index contributed by atoms with van der Waals surface area (Å²) in [5.74, 6) is -0.349. The van der Waals surface area contributed by atoms with E-state index in [9.17, 15) is 17.6 Å². The van der Waals surface area contributed by atoms with Gasteiger partial charge >= 0.3 is 0 Å². The third kappa shape index (κ3) is 5.89. The number of sulfone groups is 1. The van der Waals surface area contributed by atoms with Crippen LogP contribution in [0.5, 0.6) is 0 Å². The number of likely N-dealkylation sites (N-methyl/N-ethyl adjacent to an activating group) is 1. The largest absolute Gasteiger partial charge is 0.365 e. The minimum Gasteiger partial charge on any atom is -0.365 e. The first-order valence-electron chi connectivity index (χ1n) is 8.90. The molecule has 0 unspecified atom stereocenters. The Labute approximate surface area is 182 Å². The maximum absolute atomic E-state index is 13.6. The number of halogens is 2. The molecule has 3 rings (SSSR count). The van der Waals surface area contributed by atoms with E-state index in [1.807, 2.05) is 0 Å². The smallest absolute Gasteiger partial charge is 0.241 e. The molecule has 0 aliphatic rings. The lowest BCUT2D eigenvalue weighted by Crippen LogP contribution is -2.23. The van der Waals surface area contributed by atoms with E-state index in [-0.39, 0.29) is 46.2 Å². The number of hydrogen-bond donors (Lipinski definition) is 3. The molecular weight excluding hydrogens is 449 g/mol. The fourth-order valence-corrected chi connectivity index (χ4v) is 3.73. The van der Waals surface area contributed by atoms with Gasteiger partial charge in [0.2, 0.25) is 11.9 Å². The Bertz CT molecular complexity index is 1220. The number of carbonyl (C=O) groups is 1. The molecule has 0 radical (unpaired) electrons. The third-order valence-electron chi connectivity index (χ3n) is 4.09. The summed E-state index contributed by atoms with van der Waals surface area (Å²) in [7, 11) is -2.01. The number of hydrogen-bond acceptors (Lipinski definition) is 8. The van der Waals surface area contributed by atoms with Gasteiger partial charge in [-0.1, -0.05) is 11.6 Å². The molecule has 0 saturated carbocycles. The van der Waals surface area contributed by atoms with Crippen molar-refractivity contribution >= 4 is 44.8 Å². The summed E-state index contributed by atoms with van der Waals surface area (Å²) in [6.07, 6.45) is 5.51. The lowest BCUT2D eigenvalue weighted by Gasteiger charge is -2.12. The first-order chi connectivity index (χ1) is 14.7. The lowest BCUT2D eigenvalue weighted by molar-refractivity contribution is -0.121. The van der Waals surface area contributed by atoms with E-state index >= 15 is 0 Å². The monoisotopic (exact) mass is 467 g/mol. The van der Waals surface area contributed by atoms with Crippen LogP contribution in [0.1, 0.15) is 5.56 Å². The Morgan fingerprint density at radius 1 is 1.29 bits per heavy atom. The van der Waals surface area contributed by atoms with Gasteiger partial charge in [-0.3, -0.25) is 9.48 Å². The summed E-state index contributed by atoms with van der Waals surface area (Å²) in [6, 6.07) is 3.44. The molecule has 0 spiro atoms. The second kappa shape index (κ2) is 9.27. The van der Waals surface area contributed by atoms with Crippen LogP contribution in [0.15, 0.2) is 41.7 Å². The van der Waals surface area contributed by atoms with E-state index < -0.39 is 15.7 Å². The van der Waals surface area contributed by atoms with Gasteiger partial charge in [-0.2, -0.15) is 10.1 Å². The van der Waals surface area contributed by atoms with Gasteiger partial charge in [0, 0.05) is 26.0 Å². The average molecular weight is 468 g/mol. The van der Waals surface area contributed by atoms with E-state index in [0.29, 0.717) is 5.69 Å². The van der Waals surface area contributed by atoms with Crippen LogP contribution < -0.4 is 16.0 Å². The molecule has 0 saturated heterocycles. The Morgan fingerprint density at radius 2 is 2.06 bits per heavy atom. The zero-order chi connectivity index (χ0) is 22.6. The Hall–Kier alpha value is -3.25. The van der Waals surface area contributed by atoms with Gasteiger partial charge in [0.1, 0.15) is 17.4 Å². The quantitative estimate of drug-likeness (QED) is 0.428. The molecule has 3 N–H and O–H groups in total. The fourth-order valence-electron chi connectivity index (χ4n) is 2.65. The molecule has 3 aromatic rings. The SMILES string of the molecule is CNC(=O)Cn1cc(Nc2ncc(Cl)c(NCc3cc(F)ccc3S(C)(=O)=O)n2)cn1. The highest BCUT2D eigenvalue weighted by molar-refractivity contribution is 7.90. The van der Waals surface area contributed by atoms with Crippen molar-refractivity contribution in [3.63, 3.8) is 0 Å². The predicted molar refractivity (Wildman–Crippen MR) is 113 cm³/mol. The van der Waals surface area contributed by atoms with Crippen molar-refractivity contribution in [2.45, 2.75) is 18.0 Å². The van der Waals surface area contributed by atoms with Crippen LogP contribution in [0.25, 0.3) is 0 Å². The maximum atomic E-state index is 13.6. The van der Waals surface area contributed by atoms with Crippen LogP contribution in [0.4, 0.5) is 21.8 Å². The van der Waals surface area contributed by atoms with Crippen molar-refractivity contribution in [3.8, 4) is 0 Å². The Kier molecular flexibility index (Phi) is 6.71. The molecule has 0 fully saturated rings. The van der Waals surface area contributed by atoms with Crippen molar-refractivity contribution < 1.29 is 17.6 Å². The highest BCUT2D eigenvalue weighted by Crippen LogP contribution is 2.24. The molecule has 0 aliphatic heterocycles. The third-order valence-corrected chi connectivity index (χ3v) is 5.56. The van der Waals surface area contributed by atoms with E-state index in [1.165, 1.54) is 30.2 Å². The number of amides is 1. The van der Waals surface area contributed by atoms with Gasteiger partial charge in [-0.25, -0.2) is 17.8 Å². The summed E-state index contributed by atoms with van der Waals surface area (Å²) < 4.78 is 39.0. The maximum Gasteiger partial charge on any atom is 0.241 e. The van der Waals surface area contributed by atoms with Crippen molar-refractivity contribution in [2.75, 3.05) is 23.9 Å². The first kappa shape index (κ1) is 22.4. The number of rotatable bonds is 8. The van der Waals surface area contributed by atoms with E-state index in [0.717, 1.165) is 18.4 Å². The number of carbonyl (C=O) groups excluding carboxylic acids is 1. The van der Waals surface area contributed by atoms with Crippen LogP contribution in [0, 0.1) is 5.82 Å². The number of nitrogens with zero attached hydrogens (tertiary/aromatic N) is 4. The molecule has 0 aliphatic carbocycles. The number of anilines is 3. The number of benzene rings is 1. The molecule has 13 heteroatoms. The van der Waals surface area contributed by atoms with Crippen LogP contribution in [0.2, 0.25) is 5.02 Å². The van der Waals surface area contributed by atoms with Crippen LogP contribution in [-0.2, 0) is 27.7 Å². The first-order valence-corrected chi connectivity index (χ1v) is 11.2. The van der Waals surface area contributed by atoms with E-state index in [1.54, 1.807) is 6.20 Å². The van der Waals surface area contributed by atoms with E-state index in [2.05, 4.69) is 31.0 Å². The number of nitrogens with one attached hydrogen (secondary N) is 3. The molecule has 10 nitrogen and oxygen atoms in total. The minimum absolute atomic E-state index is 0.00783. The van der Waals surface area contributed by atoms with Gasteiger partial charge in [0.05, 0.1) is 23.0 Å². The molecule has 31 heavy (non-hydrogen) atoms. The lowest BCUT2D eigenvalue weighted by atomic mass is 10.2. The zero-order valence-electron chi connectivity index (χ0n) is 16.6. The van der Waals surface area contributed by atoms with Gasteiger partial charge < -0.3 is 16.0 Å². The standard InChI is InChI=1S/C18H19ClFN7O3S/c1-21-16(28)10-27-9-13(7-24-27)25-18-23-8-14(19)17(26-18)22-6-11-5-12(20)3-4-15(11)31(2,29)30/h3-5,7-9H,6,10H2,1-2H3,(H,21,28)(H2,22,23,25,26). The molecule has 0 atom stereocenters. The molecule has 0 bridgehead atoms. The van der Waals surface area contributed by atoms with Crippen LogP contribution >= 0.6 is 11.6 Å². The van der Waals surface area contributed by atoms with Gasteiger partial charge in [-0.05, 0) is 23.8 Å². The van der Waals surface area contributed by atoms with Gasteiger partial charge in [0.25, 0.3) is 0 Å². The summed E-state index contributed by atoms with van der Waals surface area (Å²) in [5, 5.41) is 12.6. The second-order valence-electron chi connectivity index (χ2n) is 6.49. The van der Waals surface area contributed by atoms with Crippen molar-refractivity contribution in [2.24, 2.45) is 0 Å². The highest BCUT2D eigenvalue weighted by atomic mass is 35.5. The minimum atomic E-state index is -3.54. The van der Waals surface area contributed by atoms with Crippen molar-refractivity contribution in [1.29, 1.82) is 0 Å². The van der Waals surface area contributed by atoms with Crippen LogP contribution in [0.3, 0.4) is 0 Å². The molecular formula is C18H19ClFN7O3S. The summed E-state index contributed by atoms with van der Waals surface area (Å²) in [5.41, 5.74) is 0.781. The second-order valence-corrected chi connectivity index (χ2v) is 8.88. The zero-order valence-corrected chi connectivity index (χ0v) is 18.1. The van der Waals surface area contributed by atoms with Crippen LogP contribution in [-0.4, -0.2) is 47.4 Å². The molecule has 2 heterocycles. The summed E-state index contributed by atoms with van der Waals surface area (Å²) in [6.45, 7) is 0.0309. The highest BCUT2D eigenvalue weighted by Gasteiger charge is 2.15. The predicted octanol–water partition coefficient (Wildman–Crippen LogP) is 1.97. The Balaban J connectivity index is 1.75. The van der Waals surface area contributed by atoms with Gasteiger partial charge in [-0.15, -0.1) is 0 Å². The average Bonchev–Trinajstić information content (AvgIpc) is 3.14. The van der Waals surface area contributed by atoms with E-state index in [4.69, 9.17) is 11.6 Å². The summed E-state index contributed by atoms with van der Waals surface area (Å²) in [4.78, 5) is 19.8. The molecule has 2 aromatic heterocycles. The van der Waals surface area contributed by atoms with Gasteiger partial charge in [0.15, 0.2) is 15.7 Å². The van der Waals surface area contributed by atoms with Crippen molar-refractivity contribution in [3.05, 3.63) is 53.2 Å². The molecule has 164 valence electrons. The number of aromatic nitrogens is 4.